The molecule has 2 aromatic rings. The summed E-state index contributed by atoms with van der Waals surface area (Å²) in [7, 11) is 1.52. The number of hydrogen-bond acceptors (Lipinski definition) is 6. The highest BCUT2D eigenvalue weighted by atomic mass is 16.5. The molecule has 4 rings (SSSR count). The van der Waals surface area contributed by atoms with E-state index in [1.165, 1.54) is 7.11 Å². The fourth-order valence-electron chi connectivity index (χ4n) is 3.90. The molecular formula is C22H25N3O5. The van der Waals surface area contributed by atoms with Crippen molar-refractivity contribution in [1.82, 2.24) is 10.3 Å². The number of methoxy groups -OCH3 is 1. The molecule has 30 heavy (non-hydrogen) atoms. The number of nitrogens with zero attached hydrogens (tertiary/aromatic N) is 2. The first kappa shape index (κ1) is 20.2. The van der Waals surface area contributed by atoms with Crippen molar-refractivity contribution in [3.63, 3.8) is 0 Å². The summed E-state index contributed by atoms with van der Waals surface area (Å²) in [4.78, 5) is 27.3. The lowest BCUT2D eigenvalue weighted by Crippen LogP contribution is -2.40. The van der Waals surface area contributed by atoms with Crippen molar-refractivity contribution in [3.05, 3.63) is 52.5 Å². The quantitative estimate of drug-likeness (QED) is 0.781. The fraction of sp³-hybridized carbons (Fsp3) is 0.409. The first-order valence-electron chi connectivity index (χ1n) is 10.1. The topological polar surface area (TPSA) is 93.4 Å². The summed E-state index contributed by atoms with van der Waals surface area (Å²) in [6.07, 6.45) is 2.28. The molecule has 0 atom stereocenters. The van der Waals surface area contributed by atoms with Gasteiger partial charge in [0.2, 0.25) is 0 Å². The second-order valence-corrected chi connectivity index (χ2v) is 7.31. The van der Waals surface area contributed by atoms with Gasteiger partial charge in [-0.15, -0.1) is 0 Å². The number of fused-ring (bicyclic) bond motifs is 1. The molecule has 1 aromatic carbocycles. The van der Waals surface area contributed by atoms with Gasteiger partial charge in [0.05, 0.1) is 31.6 Å². The Balaban J connectivity index is 1.58. The summed E-state index contributed by atoms with van der Waals surface area (Å²) in [6.45, 7) is 4.05. The second kappa shape index (κ2) is 8.71. The lowest BCUT2D eigenvalue weighted by Gasteiger charge is -2.26. The van der Waals surface area contributed by atoms with Crippen LogP contribution in [-0.4, -0.2) is 55.8 Å². The SMILES string of the molecule is COc1ccccc1C(=O)N/N=C1\CCCc2oc(C(=O)N3CCOCC3)c(C)c21. The van der Waals surface area contributed by atoms with E-state index in [-0.39, 0.29) is 11.8 Å². The summed E-state index contributed by atoms with van der Waals surface area (Å²) in [5.74, 6) is 1.12. The van der Waals surface area contributed by atoms with E-state index in [9.17, 15) is 9.59 Å². The van der Waals surface area contributed by atoms with E-state index in [1.54, 1.807) is 29.2 Å². The van der Waals surface area contributed by atoms with Gasteiger partial charge < -0.3 is 18.8 Å². The molecule has 8 nitrogen and oxygen atoms in total. The number of rotatable bonds is 4. The Bertz CT molecular complexity index is 989. The highest BCUT2D eigenvalue weighted by Gasteiger charge is 2.30. The van der Waals surface area contributed by atoms with Crippen LogP contribution in [-0.2, 0) is 11.2 Å². The smallest absolute Gasteiger partial charge is 0.290 e. The van der Waals surface area contributed by atoms with Gasteiger partial charge in [-0.05, 0) is 31.9 Å². The average Bonchev–Trinajstić information content (AvgIpc) is 3.14. The molecule has 1 aliphatic carbocycles. The minimum atomic E-state index is -0.349. The van der Waals surface area contributed by atoms with Crippen LogP contribution in [0, 0.1) is 6.92 Å². The summed E-state index contributed by atoms with van der Waals surface area (Å²) in [6, 6.07) is 6.98. The number of benzene rings is 1. The van der Waals surface area contributed by atoms with Gasteiger partial charge in [0.1, 0.15) is 11.5 Å². The molecule has 1 aliphatic heterocycles. The van der Waals surface area contributed by atoms with Crippen LogP contribution < -0.4 is 10.2 Å². The number of aryl methyl sites for hydroxylation is 1. The number of carbonyl (C=O) groups excluding carboxylic acids is 2. The Kier molecular flexibility index (Phi) is 5.85. The molecule has 158 valence electrons. The lowest BCUT2D eigenvalue weighted by molar-refractivity contribution is 0.0281. The first-order chi connectivity index (χ1) is 14.6. The number of furan rings is 1. The number of ether oxygens (including phenoxy) is 2. The van der Waals surface area contributed by atoms with Crippen molar-refractivity contribution in [2.45, 2.75) is 26.2 Å². The number of carbonyl (C=O) groups is 2. The van der Waals surface area contributed by atoms with Gasteiger partial charge in [-0.2, -0.15) is 5.10 Å². The zero-order valence-corrected chi connectivity index (χ0v) is 17.2. The third-order valence-corrected chi connectivity index (χ3v) is 5.46. The van der Waals surface area contributed by atoms with Crippen molar-refractivity contribution in [2.75, 3.05) is 33.4 Å². The second-order valence-electron chi connectivity index (χ2n) is 7.31. The normalized spacial score (nSPS) is 17.5. The van der Waals surface area contributed by atoms with Crippen LogP contribution in [0.5, 0.6) is 5.75 Å². The minimum absolute atomic E-state index is 0.123. The Morgan fingerprint density at radius 3 is 2.70 bits per heavy atom. The summed E-state index contributed by atoms with van der Waals surface area (Å²) >= 11 is 0. The van der Waals surface area contributed by atoms with Crippen LogP contribution >= 0.6 is 0 Å². The number of nitrogens with one attached hydrogen (secondary N) is 1. The maximum absolute atomic E-state index is 12.9. The molecule has 0 unspecified atom stereocenters. The monoisotopic (exact) mass is 411 g/mol. The fourth-order valence-corrected chi connectivity index (χ4v) is 3.90. The minimum Gasteiger partial charge on any atom is -0.496 e. The summed E-state index contributed by atoms with van der Waals surface area (Å²) in [5, 5.41) is 4.38. The van der Waals surface area contributed by atoms with Crippen LogP contribution in [0.25, 0.3) is 0 Å². The van der Waals surface area contributed by atoms with Gasteiger partial charge in [0.25, 0.3) is 11.8 Å². The molecule has 0 bridgehead atoms. The van der Waals surface area contributed by atoms with Crippen LogP contribution in [0.2, 0.25) is 0 Å². The van der Waals surface area contributed by atoms with Crippen molar-refractivity contribution in [1.29, 1.82) is 0 Å². The predicted octanol–water partition coefficient (Wildman–Crippen LogP) is 2.54. The van der Waals surface area contributed by atoms with Gasteiger partial charge in [0.15, 0.2) is 5.76 Å². The number of para-hydroxylation sites is 1. The number of hydrazone groups is 1. The Morgan fingerprint density at radius 1 is 1.17 bits per heavy atom. The maximum Gasteiger partial charge on any atom is 0.290 e. The lowest BCUT2D eigenvalue weighted by atomic mass is 9.93. The van der Waals surface area contributed by atoms with E-state index in [1.807, 2.05) is 6.92 Å². The molecule has 2 amide bonds. The molecule has 1 saturated heterocycles. The summed E-state index contributed by atoms with van der Waals surface area (Å²) < 4.78 is 16.5. The number of morpholine rings is 1. The van der Waals surface area contributed by atoms with E-state index in [4.69, 9.17) is 13.9 Å². The van der Waals surface area contributed by atoms with Crippen molar-refractivity contribution >= 4 is 17.5 Å². The molecule has 2 heterocycles. The standard InChI is InChI=1S/C22H25N3O5/c1-14-19-16(23-24-21(26)15-6-3-4-8-17(15)28-2)7-5-9-18(19)30-20(14)22(27)25-10-12-29-13-11-25/h3-4,6,8H,5,7,9-13H2,1-2H3,(H,24,26)/b23-16+. The zero-order chi connectivity index (χ0) is 21.1. The Labute approximate surface area is 174 Å². The van der Waals surface area contributed by atoms with Gasteiger partial charge in [-0.3, -0.25) is 9.59 Å². The number of amides is 2. The van der Waals surface area contributed by atoms with Crippen molar-refractivity contribution in [2.24, 2.45) is 5.10 Å². The molecule has 0 saturated carbocycles. The van der Waals surface area contributed by atoms with Crippen LogP contribution in [0.1, 0.15) is 50.6 Å². The van der Waals surface area contributed by atoms with E-state index < -0.39 is 0 Å². The summed E-state index contributed by atoms with van der Waals surface area (Å²) in [5.41, 5.74) is 5.36. The van der Waals surface area contributed by atoms with Crippen LogP contribution in [0.4, 0.5) is 0 Å². The van der Waals surface area contributed by atoms with Crippen LogP contribution in [0.15, 0.2) is 33.8 Å². The molecule has 1 N–H and O–H groups in total. The molecule has 1 fully saturated rings. The van der Waals surface area contributed by atoms with Crippen LogP contribution in [0.3, 0.4) is 0 Å². The van der Waals surface area contributed by atoms with E-state index in [2.05, 4.69) is 10.5 Å². The highest BCUT2D eigenvalue weighted by molar-refractivity contribution is 6.07. The van der Waals surface area contributed by atoms with Gasteiger partial charge >= 0.3 is 0 Å². The first-order valence-corrected chi connectivity index (χ1v) is 10.1. The molecular weight excluding hydrogens is 386 g/mol. The van der Waals surface area contributed by atoms with E-state index in [0.717, 1.165) is 35.4 Å². The molecule has 0 spiro atoms. The third kappa shape index (κ3) is 3.82. The van der Waals surface area contributed by atoms with Crippen molar-refractivity contribution < 1.29 is 23.5 Å². The molecule has 1 aromatic heterocycles. The largest absolute Gasteiger partial charge is 0.496 e. The van der Waals surface area contributed by atoms with E-state index >= 15 is 0 Å². The van der Waals surface area contributed by atoms with E-state index in [0.29, 0.717) is 49.8 Å². The average molecular weight is 411 g/mol. The molecule has 0 radical (unpaired) electrons. The van der Waals surface area contributed by atoms with Gasteiger partial charge in [-0.1, -0.05) is 12.1 Å². The molecule has 8 heteroatoms. The van der Waals surface area contributed by atoms with Gasteiger partial charge in [-0.25, -0.2) is 5.43 Å². The Hall–Kier alpha value is -3.13. The third-order valence-electron chi connectivity index (χ3n) is 5.46. The zero-order valence-electron chi connectivity index (χ0n) is 17.2. The van der Waals surface area contributed by atoms with Gasteiger partial charge in [0, 0.05) is 30.6 Å². The number of hydrogen-bond donors (Lipinski definition) is 1. The predicted molar refractivity (Wildman–Crippen MR) is 110 cm³/mol. The maximum atomic E-state index is 12.9. The highest BCUT2D eigenvalue weighted by Crippen LogP contribution is 2.30. The molecule has 2 aliphatic rings. The Morgan fingerprint density at radius 2 is 1.93 bits per heavy atom. The van der Waals surface area contributed by atoms with Crippen molar-refractivity contribution in [3.8, 4) is 5.75 Å².